The molecule has 1 rings (SSSR count). The normalized spacial score (nSPS) is 14.6. The minimum Gasteiger partial charge on any atom is -0.207 e. The summed E-state index contributed by atoms with van der Waals surface area (Å²) in [6.07, 6.45) is 0. The van der Waals surface area contributed by atoms with Crippen LogP contribution in [0.4, 0.5) is 0 Å². The SMILES string of the molecule is CC(N(C)S(=O)(=O)c1cc(CCl)ccc1Br)C(C)(C)C. The minimum absolute atomic E-state index is 0.126. The Hall–Kier alpha value is -0.100. The fraction of sp³-hybridized carbons (Fsp3) is 0.571. The summed E-state index contributed by atoms with van der Waals surface area (Å²) in [6.45, 7) is 7.98. The number of halogens is 2. The first-order chi connectivity index (χ1) is 9.01. The molecule has 0 aliphatic rings. The van der Waals surface area contributed by atoms with Crippen LogP contribution >= 0.6 is 27.5 Å². The lowest BCUT2D eigenvalue weighted by molar-refractivity contribution is 0.216. The molecule has 0 aliphatic heterocycles. The molecule has 0 saturated heterocycles. The Kier molecular flexibility index (Phi) is 5.69. The third kappa shape index (κ3) is 3.75. The maximum Gasteiger partial charge on any atom is 0.244 e. The highest BCUT2D eigenvalue weighted by atomic mass is 79.9. The van der Waals surface area contributed by atoms with Gasteiger partial charge in [0.2, 0.25) is 10.0 Å². The summed E-state index contributed by atoms with van der Waals surface area (Å²) in [5.41, 5.74) is 0.642. The van der Waals surface area contributed by atoms with Crippen LogP contribution < -0.4 is 0 Å². The van der Waals surface area contributed by atoms with Crippen molar-refractivity contribution in [3.8, 4) is 0 Å². The predicted molar refractivity (Wildman–Crippen MR) is 87.6 cm³/mol. The van der Waals surface area contributed by atoms with E-state index in [0.717, 1.165) is 5.56 Å². The second-order valence-electron chi connectivity index (χ2n) is 5.96. The van der Waals surface area contributed by atoms with Crippen molar-refractivity contribution in [2.45, 2.75) is 44.5 Å². The average Bonchev–Trinajstić information content (AvgIpc) is 2.36. The molecule has 1 aromatic carbocycles. The van der Waals surface area contributed by atoms with E-state index in [1.807, 2.05) is 33.8 Å². The largest absolute Gasteiger partial charge is 0.244 e. The van der Waals surface area contributed by atoms with Gasteiger partial charge in [0.15, 0.2) is 0 Å². The van der Waals surface area contributed by atoms with Crippen molar-refractivity contribution >= 4 is 37.6 Å². The van der Waals surface area contributed by atoms with Gasteiger partial charge in [0, 0.05) is 23.4 Å². The minimum atomic E-state index is -3.56. The molecule has 0 aromatic heterocycles. The van der Waals surface area contributed by atoms with Gasteiger partial charge in [-0.05, 0) is 46.0 Å². The Morgan fingerprint density at radius 2 is 1.90 bits per heavy atom. The van der Waals surface area contributed by atoms with E-state index in [1.54, 1.807) is 19.2 Å². The van der Waals surface area contributed by atoms with Crippen molar-refractivity contribution in [3.63, 3.8) is 0 Å². The van der Waals surface area contributed by atoms with E-state index in [2.05, 4.69) is 15.9 Å². The summed E-state index contributed by atoms with van der Waals surface area (Å²) >= 11 is 9.11. The van der Waals surface area contributed by atoms with Gasteiger partial charge in [0.05, 0.1) is 4.90 Å². The fourth-order valence-electron chi connectivity index (χ4n) is 1.74. The molecular formula is C14H21BrClNO2S. The molecule has 0 bridgehead atoms. The third-order valence-electron chi connectivity index (χ3n) is 3.61. The standard InChI is InChI=1S/C14H21BrClNO2S/c1-10(14(2,3)4)17(5)20(18,19)13-8-11(9-16)6-7-12(13)15/h6-8,10H,9H2,1-5H3. The quantitative estimate of drug-likeness (QED) is 0.730. The molecule has 1 unspecified atom stereocenters. The summed E-state index contributed by atoms with van der Waals surface area (Å²) in [7, 11) is -1.94. The van der Waals surface area contributed by atoms with Gasteiger partial charge in [-0.1, -0.05) is 26.8 Å². The monoisotopic (exact) mass is 381 g/mol. The Labute approximate surface area is 135 Å². The highest BCUT2D eigenvalue weighted by Crippen LogP contribution is 2.31. The zero-order valence-electron chi connectivity index (χ0n) is 12.4. The van der Waals surface area contributed by atoms with Gasteiger partial charge in [-0.15, -0.1) is 11.6 Å². The second-order valence-corrected chi connectivity index (χ2v) is 9.05. The Balaban J connectivity index is 3.30. The number of sulfonamides is 1. The van der Waals surface area contributed by atoms with Crippen LogP contribution in [0.2, 0.25) is 0 Å². The maximum absolute atomic E-state index is 12.8. The first kappa shape index (κ1) is 18.0. The van der Waals surface area contributed by atoms with Crippen LogP contribution in [0.3, 0.4) is 0 Å². The molecule has 0 heterocycles. The molecular weight excluding hydrogens is 362 g/mol. The van der Waals surface area contributed by atoms with Crippen molar-refractivity contribution in [2.24, 2.45) is 5.41 Å². The lowest BCUT2D eigenvalue weighted by Gasteiger charge is -2.34. The first-order valence-corrected chi connectivity index (χ1v) is 9.11. The molecule has 0 fully saturated rings. The number of nitrogens with zero attached hydrogens (tertiary/aromatic N) is 1. The van der Waals surface area contributed by atoms with Gasteiger partial charge >= 0.3 is 0 Å². The van der Waals surface area contributed by atoms with E-state index < -0.39 is 10.0 Å². The van der Waals surface area contributed by atoms with Gasteiger partial charge in [0.25, 0.3) is 0 Å². The fourth-order valence-corrected chi connectivity index (χ4v) is 4.42. The van der Waals surface area contributed by atoms with E-state index in [1.165, 1.54) is 4.31 Å². The highest BCUT2D eigenvalue weighted by Gasteiger charge is 2.33. The molecule has 1 aromatic rings. The molecule has 0 N–H and O–H groups in total. The molecule has 0 spiro atoms. The number of benzene rings is 1. The van der Waals surface area contributed by atoms with Crippen LogP contribution in [0.25, 0.3) is 0 Å². The third-order valence-corrected chi connectivity index (χ3v) is 6.84. The van der Waals surface area contributed by atoms with Crippen LogP contribution in [-0.2, 0) is 15.9 Å². The molecule has 0 amide bonds. The zero-order chi connectivity index (χ0) is 15.7. The lowest BCUT2D eigenvalue weighted by Crippen LogP contribution is -2.43. The summed E-state index contributed by atoms with van der Waals surface area (Å²) in [6, 6.07) is 5.03. The Bertz CT molecular complexity index is 581. The molecule has 6 heteroatoms. The summed E-state index contributed by atoms with van der Waals surface area (Å²) in [5, 5.41) is 0. The summed E-state index contributed by atoms with van der Waals surface area (Å²) in [4.78, 5) is 0.259. The van der Waals surface area contributed by atoms with Crippen molar-refractivity contribution in [1.29, 1.82) is 0 Å². The second kappa shape index (κ2) is 6.34. The van der Waals surface area contributed by atoms with Crippen LogP contribution in [-0.4, -0.2) is 25.8 Å². The average molecular weight is 383 g/mol. The predicted octanol–water partition coefficient (Wildman–Crippen LogP) is 4.24. The van der Waals surface area contributed by atoms with Gasteiger partial charge in [-0.2, -0.15) is 4.31 Å². The van der Waals surface area contributed by atoms with Gasteiger partial charge in [-0.25, -0.2) is 8.42 Å². The van der Waals surface area contributed by atoms with E-state index in [-0.39, 0.29) is 22.2 Å². The van der Waals surface area contributed by atoms with Crippen molar-refractivity contribution in [3.05, 3.63) is 28.2 Å². The highest BCUT2D eigenvalue weighted by molar-refractivity contribution is 9.10. The van der Waals surface area contributed by atoms with Crippen molar-refractivity contribution < 1.29 is 8.42 Å². The van der Waals surface area contributed by atoms with Crippen molar-refractivity contribution in [1.82, 2.24) is 4.31 Å². The van der Waals surface area contributed by atoms with Gasteiger partial charge < -0.3 is 0 Å². The number of alkyl halides is 1. The number of rotatable bonds is 4. The molecule has 1 atom stereocenters. The molecule has 0 saturated carbocycles. The number of hydrogen-bond donors (Lipinski definition) is 0. The molecule has 20 heavy (non-hydrogen) atoms. The first-order valence-electron chi connectivity index (χ1n) is 6.34. The van der Waals surface area contributed by atoms with Gasteiger partial charge in [0.1, 0.15) is 0 Å². The van der Waals surface area contributed by atoms with Gasteiger partial charge in [-0.3, -0.25) is 0 Å². The lowest BCUT2D eigenvalue weighted by atomic mass is 9.88. The van der Waals surface area contributed by atoms with E-state index in [4.69, 9.17) is 11.6 Å². The van der Waals surface area contributed by atoms with Crippen LogP contribution in [0.15, 0.2) is 27.6 Å². The van der Waals surface area contributed by atoms with E-state index >= 15 is 0 Å². The molecule has 0 radical (unpaired) electrons. The smallest absolute Gasteiger partial charge is 0.207 e. The molecule has 3 nitrogen and oxygen atoms in total. The van der Waals surface area contributed by atoms with Crippen molar-refractivity contribution in [2.75, 3.05) is 7.05 Å². The Morgan fingerprint density at radius 1 is 1.35 bits per heavy atom. The Morgan fingerprint density at radius 3 is 2.35 bits per heavy atom. The summed E-state index contributed by atoms with van der Waals surface area (Å²) < 4.78 is 27.5. The maximum atomic E-state index is 12.8. The van der Waals surface area contributed by atoms with E-state index in [0.29, 0.717) is 4.47 Å². The summed E-state index contributed by atoms with van der Waals surface area (Å²) in [5.74, 6) is 0.286. The zero-order valence-corrected chi connectivity index (χ0v) is 15.6. The number of hydrogen-bond acceptors (Lipinski definition) is 2. The molecule has 114 valence electrons. The molecule has 0 aliphatic carbocycles. The van der Waals surface area contributed by atoms with Crippen LogP contribution in [0.5, 0.6) is 0 Å². The van der Waals surface area contributed by atoms with E-state index in [9.17, 15) is 8.42 Å². The topological polar surface area (TPSA) is 37.4 Å². The van der Waals surface area contributed by atoms with Crippen LogP contribution in [0, 0.1) is 5.41 Å². The van der Waals surface area contributed by atoms with Crippen LogP contribution in [0.1, 0.15) is 33.3 Å².